The normalized spacial score (nSPS) is 12.2. The van der Waals surface area contributed by atoms with Crippen LogP contribution in [0, 0.1) is 0 Å². The van der Waals surface area contributed by atoms with Crippen LogP contribution in [0.25, 0.3) is 86.0 Å². The van der Waals surface area contributed by atoms with Crippen molar-refractivity contribution in [3.05, 3.63) is 132 Å². The zero-order valence-corrected chi connectivity index (χ0v) is 24.0. The molecular formula is C38H22N2S2. The van der Waals surface area contributed by atoms with Gasteiger partial charge in [-0.3, -0.25) is 0 Å². The first-order valence-corrected chi connectivity index (χ1v) is 15.6. The van der Waals surface area contributed by atoms with Crippen molar-refractivity contribution in [1.82, 2.24) is 9.97 Å². The number of rotatable bonds is 4. The molecule has 0 atom stereocenters. The summed E-state index contributed by atoms with van der Waals surface area (Å²) >= 11 is 3.52. The summed E-state index contributed by atoms with van der Waals surface area (Å²) in [5.41, 5.74) is 6.83. The van der Waals surface area contributed by atoms with Gasteiger partial charge in [0.05, 0.1) is 20.4 Å². The van der Waals surface area contributed by atoms with Gasteiger partial charge in [-0.05, 0) is 73.8 Å². The fourth-order valence-electron chi connectivity index (χ4n) is 6.15. The second-order valence-corrected chi connectivity index (χ2v) is 12.7. The Kier molecular flexibility index (Phi) is 5.27. The first kappa shape index (κ1) is 23.8. The Morgan fingerprint density at radius 1 is 0.476 bits per heavy atom. The Balaban J connectivity index is 1.36. The molecule has 0 aliphatic heterocycles. The highest BCUT2D eigenvalue weighted by Crippen LogP contribution is 2.45. The zero-order valence-electron chi connectivity index (χ0n) is 22.4. The van der Waals surface area contributed by atoms with Crippen molar-refractivity contribution in [3.63, 3.8) is 0 Å². The van der Waals surface area contributed by atoms with Gasteiger partial charge in [-0.1, -0.05) is 103 Å². The number of thiazole rings is 2. The molecular weight excluding hydrogens is 549 g/mol. The lowest BCUT2D eigenvalue weighted by atomic mass is 9.88. The smallest absolute Gasteiger partial charge is 0.125 e. The number of benzene rings is 7. The minimum Gasteiger partial charge on any atom is -0.236 e. The summed E-state index contributed by atoms with van der Waals surface area (Å²) in [6, 6.07) is 43.3. The van der Waals surface area contributed by atoms with Crippen molar-refractivity contribution in [1.29, 1.82) is 0 Å². The van der Waals surface area contributed by atoms with Crippen LogP contribution in [-0.4, -0.2) is 9.97 Å². The van der Waals surface area contributed by atoms with Crippen LogP contribution >= 0.6 is 22.7 Å². The molecule has 0 amide bonds. The van der Waals surface area contributed by atoms with Crippen LogP contribution in [0.3, 0.4) is 0 Å². The monoisotopic (exact) mass is 570 g/mol. The van der Waals surface area contributed by atoms with Gasteiger partial charge >= 0.3 is 0 Å². The predicted octanol–water partition coefficient (Wildman–Crippen LogP) is 11.3. The second kappa shape index (κ2) is 9.31. The highest BCUT2D eigenvalue weighted by atomic mass is 32.1. The van der Waals surface area contributed by atoms with Gasteiger partial charge in [0.25, 0.3) is 0 Å². The van der Waals surface area contributed by atoms with E-state index >= 15 is 0 Å². The molecule has 0 unspecified atom stereocenters. The van der Waals surface area contributed by atoms with E-state index in [9.17, 15) is 0 Å². The van der Waals surface area contributed by atoms with E-state index in [1.54, 1.807) is 22.7 Å². The average molecular weight is 571 g/mol. The van der Waals surface area contributed by atoms with Crippen LogP contribution in [0.2, 0.25) is 0 Å². The summed E-state index contributed by atoms with van der Waals surface area (Å²) in [6.45, 7) is 0. The summed E-state index contributed by atoms with van der Waals surface area (Å²) in [4.78, 5) is 10.1. The quantitative estimate of drug-likeness (QED) is 0.155. The molecule has 7 aromatic carbocycles. The summed E-state index contributed by atoms with van der Waals surface area (Å²) in [7, 11) is 0. The third kappa shape index (κ3) is 3.69. The van der Waals surface area contributed by atoms with E-state index in [0.717, 1.165) is 21.0 Å². The van der Waals surface area contributed by atoms with Crippen LogP contribution in [0.5, 0.6) is 0 Å². The fourth-order valence-corrected chi connectivity index (χ4v) is 8.15. The van der Waals surface area contributed by atoms with E-state index < -0.39 is 0 Å². The van der Waals surface area contributed by atoms with E-state index in [-0.39, 0.29) is 0 Å². The molecule has 2 aromatic heterocycles. The molecule has 0 aliphatic rings. The number of hydrogen-bond acceptors (Lipinski definition) is 4. The van der Waals surface area contributed by atoms with E-state index in [0.29, 0.717) is 0 Å². The van der Waals surface area contributed by atoms with Crippen LogP contribution < -0.4 is 0 Å². The number of para-hydroxylation sites is 2. The maximum Gasteiger partial charge on any atom is 0.125 e. The largest absolute Gasteiger partial charge is 0.236 e. The van der Waals surface area contributed by atoms with E-state index in [1.165, 1.54) is 64.0 Å². The molecule has 0 N–H and O–H groups in total. The number of nitrogens with zero attached hydrogens (tertiary/aromatic N) is 2. The Morgan fingerprint density at radius 3 is 1.81 bits per heavy atom. The topological polar surface area (TPSA) is 25.8 Å². The van der Waals surface area contributed by atoms with Crippen LogP contribution in [0.4, 0.5) is 0 Å². The van der Waals surface area contributed by atoms with E-state index in [1.807, 2.05) is 0 Å². The van der Waals surface area contributed by atoms with Crippen molar-refractivity contribution < 1.29 is 0 Å². The summed E-state index contributed by atoms with van der Waals surface area (Å²) in [6.07, 6.45) is 4.47. The Bertz CT molecular complexity index is 2400. The van der Waals surface area contributed by atoms with Crippen molar-refractivity contribution in [2.75, 3.05) is 0 Å². The molecule has 0 saturated carbocycles. The molecule has 0 aliphatic carbocycles. The molecule has 196 valence electrons. The molecule has 9 rings (SSSR count). The third-order valence-corrected chi connectivity index (χ3v) is 10.3. The minimum absolute atomic E-state index is 1.04. The van der Waals surface area contributed by atoms with Crippen LogP contribution in [0.1, 0.15) is 11.1 Å². The van der Waals surface area contributed by atoms with Crippen molar-refractivity contribution in [3.8, 4) is 21.1 Å². The number of fused-ring (bicyclic) bond motifs is 2. The first-order valence-electron chi connectivity index (χ1n) is 14.0. The van der Waals surface area contributed by atoms with Gasteiger partial charge in [-0.2, -0.15) is 0 Å². The van der Waals surface area contributed by atoms with Gasteiger partial charge < -0.3 is 0 Å². The molecule has 0 saturated heterocycles. The van der Waals surface area contributed by atoms with Crippen molar-refractivity contribution in [2.45, 2.75) is 0 Å². The van der Waals surface area contributed by atoms with E-state index in [2.05, 4.69) is 133 Å². The maximum atomic E-state index is 5.10. The number of aromatic nitrogens is 2. The highest BCUT2D eigenvalue weighted by molar-refractivity contribution is 7.22. The van der Waals surface area contributed by atoms with Gasteiger partial charge in [0.15, 0.2) is 0 Å². The Labute approximate surface area is 250 Å². The maximum absolute atomic E-state index is 5.10. The highest BCUT2D eigenvalue weighted by Gasteiger charge is 2.19. The van der Waals surface area contributed by atoms with Crippen molar-refractivity contribution >= 4 is 87.6 Å². The third-order valence-electron chi connectivity index (χ3n) is 8.12. The Morgan fingerprint density at radius 2 is 1.07 bits per heavy atom. The Hall–Kier alpha value is -4.90. The lowest BCUT2D eigenvalue weighted by molar-refractivity contribution is 1.49. The molecule has 0 spiro atoms. The predicted molar refractivity (Wildman–Crippen MR) is 183 cm³/mol. The first-order chi connectivity index (χ1) is 20.8. The zero-order chi connectivity index (χ0) is 27.6. The second-order valence-electron chi connectivity index (χ2n) is 10.6. The summed E-state index contributed by atoms with van der Waals surface area (Å²) in [5, 5.41) is 9.66. The molecule has 4 heteroatoms. The van der Waals surface area contributed by atoms with E-state index in [4.69, 9.17) is 9.97 Å². The SMILES string of the molecule is C(=Cc1cc(-c2nc3ccccc3s2)c2ccc3ccc(-c4nc5ccccc5s4)c4ccc1c2c34)c1ccccc1. The van der Waals surface area contributed by atoms with Gasteiger partial charge in [0.2, 0.25) is 0 Å². The standard InChI is InChI=1S/C38H22N2S2/c1-2-8-23(9-3-1)14-15-25-22-30(38-40-32-11-5-7-13-34(32)42-38)28-18-16-24-17-19-29(27-21-20-26(25)36(28)35(24)27)37-39-31-10-4-6-12-33(31)41-37/h1-22H. The van der Waals surface area contributed by atoms with Gasteiger partial charge in [-0.25, -0.2) is 9.97 Å². The molecule has 0 fully saturated rings. The van der Waals surface area contributed by atoms with Gasteiger partial charge in [-0.15, -0.1) is 22.7 Å². The minimum atomic E-state index is 1.04. The molecule has 42 heavy (non-hydrogen) atoms. The average Bonchev–Trinajstić information content (AvgIpc) is 3.68. The molecule has 2 heterocycles. The van der Waals surface area contributed by atoms with Crippen LogP contribution in [0.15, 0.2) is 121 Å². The van der Waals surface area contributed by atoms with Crippen LogP contribution in [-0.2, 0) is 0 Å². The number of hydrogen-bond donors (Lipinski definition) is 0. The summed E-state index contributed by atoms with van der Waals surface area (Å²) in [5.74, 6) is 0. The molecule has 0 radical (unpaired) electrons. The molecule has 9 aromatic rings. The van der Waals surface area contributed by atoms with Gasteiger partial charge in [0.1, 0.15) is 10.0 Å². The summed E-state index contributed by atoms with van der Waals surface area (Å²) < 4.78 is 2.42. The molecule has 2 nitrogen and oxygen atoms in total. The lowest BCUT2D eigenvalue weighted by Crippen LogP contribution is -1.91. The van der Waals surface area contributed by atoms with Crippen molar-refractivity contribution in [2.24, 2.45) is 0 Å². The fraction of sp³-hybridized carbons (Fsp3) is 0. The lowest BCUT2D eigenvalue weighted by Gasteiger charge is -2.17. The van der Waals surface area contributed by atoms with Gasteiger partial charge in [0, 0.05) is 11.1 Å². The molecule has 0 bridgehead atoms.